The number of Topliss-reactive ketones (excluding diaryl/α,β-unsaturated/α-hetero) is 1. The Labute approximate surface area is 145 Å². The molecule has 0 saturated heterocycles. The van der Waals surface area contributed by atoms with Crippen LogP contribution in [0.2, 0.25) is 0 Å². The smallest absolute Gasteiger partial charge is 0.374 e. The molecular weight excluding hydrogens is 346 g/mol. The van der Waals surface area contributed by atoms with Crippen molar-refractivity contribution in [2.24, 2.45) is 0 Å². The summed E-state index contributed by atoms with van der Waals surface area (Å²) in [6.07, 6.45) is 3.02. The molecule has 1 aliphatic heterocycles. The number of benzene rings is 1. The van der Waals surface area contributed by atoms with Crippen LogP contribution in [0.15, 0.2) is 41.0 Å². The van der Waals surface area contributed by atoms with Crippen molar-refractivity contribution in [2.45, 2.75) is 19.4 Å². The summed E-state index contributed by atoms with van der Waals surface area (Å²) >= 11 is 0. The first-order valence-electron chi connectivity index (χ1n) is 7.63. The van der Waals surface area contributed by atoms with Crippen LogP contribution in [0, 0.1) is 0 Å². The van der Waals surface area contributed by atoms with E-state index in [-0.39, 0.29) is 17.6 Å². The number of hydrogen-bond donors (Lipinski definition) is 0. The van der Waals surface area contributed by atoms with Gasteiger partial charge in [0.2, 0.25) is 15.8 Å². The maximum absolute atomic E-state index is 12.2. The monoisotopic (exact) mass is 363 g/mol. The predicted molar refractivity (Wildman–Crippen MR) is 90.3 cm³/mol. The number of esters is 1. The molecule has 1 atom stereocenters. The van der Waals surface area contributed by atoms with E-state index in [0.29, 0.717) is 17.7 Å². The minimum atomic E-state index is -3.38. The molecule has 0 amide bonds. The van der Waals surface area contributed by atoms with Gasteiger partial charge in [0.25, 0.3) is 0 Å². The average molecular weight is 363 g/mol. The highest BCUT2D eigenvalue weighted by Gasteiger charge is 2.32. The number of carbonyl (C=O) groups is 2. The summed E-state index contributed by atoms with van der Waals surface area (Å²) in [5.74, 6) is -1.05. The lowest BCUT2D eigenvalue weighted by Crippen LogP contribution is -2.34. The molecule has 25 heavy (non-hydrogen) atoms. The number of hydrogen-bond acceptors (Lipinski definition) is 6. The summed E-state index contributed by atoms with van der Waals surface area (Å²) in [4.78, 5) is 23.9. The van der Waals surface area contributed by atoms with Crippen molar-refractivity contribution >= 4 is 27.5 Å². The Bertz CT molecular complexity index is 917. The number of ether oxygens (including phenoxy) is 1. The SMILES string of the molecule is C[C@H]1Cc2cc(C(=O)COC(=O)c3ccco3)ccc2N1S(C)(=O)=O. The fourth-order valence-electron chi connectivity index (χ4n) is 2.96. The van der Waals surface area contributed by atoms with Gasteiger partial charge in [-0.25, -0.2) is 13.2 Å². The van der Waals surface area contributed by atoms with Crippen molar-refractivity contribution < 1.29 is 27.2 Å². The molecule has 8 heteroatoms. The molecule has 1 aromatic carbocycles. The molecule has 2 heterocycles. The van der Waals surface area contributed by atoms with E-state index < -0.39 is 22.6 Å². The van der Waals surface area contributed by atoms with Crippen LogP contribution in [0.4, 0.5) is 5.69 Å². The van der Waals surface area contributed by atoms with Crippen molar-refractivity contribution in [2.75, 3.05) is 17.2 Å². The Morgan fingerprint density at radius 3 is 2.72 bits per heavy atom. The molecule has 1 aliphatic rings. The van der Waals surface area contributed by atoms with Gasteiger partial charge < -0.3 is 9.15 Å². The van der Waals surface area contributed by atoms with E-state index in [1.54, 1.807) is 18.2 Å². The lowest BCUT2D eigenvalue weighted by molar-refractivity contribution is 0.0444. The minimum absolute atomic E-state index is 0.0272. The number of nitrogens with zero attached hydrogens (tertiary/aromatic N) is 1. The molecule has 0 unspecified atom stereocenters. The van der Waals surface area contributed by atoms with E-state index in [2.05, 4.69) is 0 Å². The molecule has 0 spiro atoms. The molecule has 2 aromatic rings. The summed E-state index contributed by atoms with van der Waals surface area (Å²) in [7, 11) is -3.38. The quantitative estimate of drug-likeness (QED) is 0.596. The van der Waals surface area contributed by atoms with E-state index in [1.165, 1.54) is 22.7 Å². The number of carbonyl (C=O) groups excluding carboxylic acids is 2. The van der Waals surface area contributed by atoms with Gasteiger partial charge >= 0.3 is 5.97 Å². The lowest BCUT2D eigenvalue weighted by Gasteiger charge is -2.21. The zero-order valence-corrected chi connectivity index (χ0v) is 14.6. The van der Waals surface area contributed by atoms with E-state index in [9.17, 15) is 18.0 Å². The van der Waals surface area contributed by atoms with Gasteiger partial charge in [-0.2, -0.15) is 0 Å². The van der Waals surface area contributed by atoms with Crippen molar-refractivity contribution in [3.63, 3.8) is 0 Å². The number of anilines is 1. The van der Waals surface area contributed by atoms with Crippen LogP contribution in [0.1, 0.15) is 33.4 Å². The molecule has 0 N–H and O–H groups in total. The van der Waals surface area contributed by atoms with Crippen LogP contribution in [0.5, 0.6) is 0 Å². The van der Waals surface area contributed by atoms with E-state index in [0.717, 1.165) is 11.8 Å². The van der Waals surface area contributed by atoms with Crippen LogP contribution < -0.4 is 4.31 Å². The largest absolute Gasteiger partial charge is 0.457 e. The molecule has 0 saturated carbocycles. The standard InChI is InChI=1S/C17H17NO6S/c1-11-8-13-9-12(5-6-14(13)18(11)25(2,21)22)15(19)10-24-17(20)16-4-3-7-23-16/h3-7,9,11H,8,10H2,1-2H3/t11-/m0/s1. The second-order valence-corrected chi connectivity index (χ2v) is 7.79. The van der Waals surface area contributed by atoms with Crippen molar-refractivity contribution in [1.82, 2.24) is 0 Å². The van der Waals surface area contributed by atoms with Gasteiger partial charge in [0.05, 0.1) is 18.2 Å². The number of furan rings is 1. The molecule has 3 rings (SSSR count). The normalized spacial score (nSPS) is 16.6. The molecule has 132 valence electrons. The Hall–Kier alpha value is -2.61. The predicted octanol–water partition coefficient (Wildman–Crippen LogP) is 2.03. The first kappa shape index (κ1) is 17.2. The molecule has 0 aliphatic carbocycles. The Morgan fingerprint density at radius 2 is 2.08 bits per heavy atom. The summed E-state index contributed by atoms with van der Waals surface area (Å²) in [6.45, 7) is 1.40. The molecule has 0 fully saturated rings. The fraction of sp³-hybridized carbons (Fsp3) is 0.294. The molecule has 0 radical (unpaired) electrons. The summed E-state index contributed by atoms with van der Waals surface area (Å²) in [6, 6.07) is 7.60. The van der Waals surface area contributed by atoms with Crippen molar-refractivity contribution in [3.8, 4) is 0 Å². The third-order valence-corrected chi connectivity index (χ3v) is 5.24. The van der Waals surface area contributed by atoms with Crippen molar-refractivity contribution in [1.29, 1.82) is 0 Å². The van der Waals surface area contributed by atoms with Crippen LogP contribution in [-0.4, -0.2) is 39.1 Å². The Kier molecular flexibility index (Phi) is 4.38. The lowest BCUT2D eigenvalue weighted by atomic mass is 10.0. The van der Waals surface area contributed by atoms with Crippen LogP contribution in [0.3, 0.4) is 0 Å². The second kappa shape index (κ2) is 6.36. The molecule has 0 bridgehead atoms. The molecule has 1 aromatic heterocycles. The second-order valence-electron chi connectivity index (χ2n) is 5.93. The maximum atomic E-state index is 12.2. The molecular formula is C17H17NO6S. The van der Waals surface area contributed by atoms with E-state index in [4.69, 9.17) is 9.15 Å². The topological polar surface area (TPSA) is 93.9 Å². The van der Waals surface area contributed by atoms with Gasteiger partial charge in [-0.15, -0.1) is 0 Å². The van der Waals surface area contributed by atoms with Gasteiger partial charge in [0.15, 0.2) is 12.4 Å². The highest BCUT2D eigenvalue weighted by Crippen LogP contribution is 2.34. The summed E-state index contributed by atoms with van der Waals surface area (Å²) < 4.78 is 35.0. The zero-order valence-electron chi connectivity index (χ0n) is 13.8. The van der Waals surface area contributed by atoms with Gasteiger partial charge in [-0.3, -0.25) is 9.10 Å². The van der Waals surface area contributed by atoms with E-state index >= 15 is 0 Å². The Balaban J connectivity index is 1.73. The average Bonchev–Trinajstić information content (AvgIpc) is 3.17. The first-order valence-corrected chi connectivity index (χ1v) is 9.48. The van der Waals surface area contributed by atoms with Gasteiger partial charge in [0, 0.05) is 11.6 Å². The summed E-state index contributed by atoms with van der Waals surface area (Å²) in [5.41, 5.74) is 1.73. The van der Waals surface area contributed by atoms with Gasteiger partial charge in [-0.05, 0) is 49.2 Å². The molecule has 7 nitrogen and oxygen atoms in total. The zero-order chi connectivity index (χ0) is 18.2. The highest BCUT2D eigenvalue weighted by atomic mass is 32.2. The first-order chi connectivity index (χ1) is 11.8. The van der Waals surface area contributed by atoms with Crippen LogP contribution in [-0.2, 0) is 21.2 Å². The fourth-order valence-corrected chi connectivity index (χ4v) is 4.23. The third kappa shape index (κ3) is 3.43. The minimum Gasteiger partial charge on any atom is -0.457 e. The number of sulfonamides is 1. The van der Waals surface area contributed by atoms with Crippen LogP contribution >= 0.6 is 0 Å². The number of ketones is 1. The number of rotatable bonds is 5. The van der Waals surface area contributed by atoms with Crippen LogP contribution in [0.25, 0.3) is 0 Å². The van der Waals surface area contributed by atoms with Crippen molar-refractivity contribution in [3.05, 3.63) is 53.5 Å². The number of fused-ring (bicyclic) bond motifs is 1. The maximum Gasteiger partial charge on any atom is 0.374 e. The van der Waals surface area contributed by atoms with E-state index in [1.807, 2.05) is 6.92 Å². The highest BCUT2D eigenvalue weighted by molar-refractivity contribution is 7.92. The summed E-state index contributed by atoms with van der Waals surface area (Å²) in [5, 5.41) is 0. The van der Waals surface area contributed by atoms with Gasteiger partial charge in [0.1, 0.15) is 0 Å². The van der Waals surface area contributed by atoms with Gasteiger partial charge in [-0.1, -0.05) is 0 Å². The third-order valence-electron chi connectivity index (χ3n) is 3.97. The Morgan fingerprint density at radius 1 is 1.32 bits per heavy atom.